The van der Waals surface area contributed by atoms with Crippen LogP contribution in [0.2, 0.25) is 0 Å². The molecule has 1 atom stereocenters. The number of aliphatic hydroxyl groups is 1. The second-order valence-corrected chi connectivity index (χ2v) is 5.93. The molecule has 0 fully saturated rings. The van der Waals surface area contributed by atoms with Crippen LogP contribution >= 0.6 is 0 Å². The highest BCUT2D eigenvalue weighted by Crippen LogP contribution is 2.02. The molecule has 0 aromatic carbocycles. The van der Waals surface area contributed by atoms with Crippen LogP contribution in [0.25, 0.3) is 0 Å². The predicted molar refractivity (Wildman–Crippen MR) is 107 cm³/mol. The standard InChI is InChI=1S/C22H34O3/c1-2-3-4-5-6-7-9-12-15-18-21(23)19-16-13-10-8-11-14-17-20-22(24)25/h6-7,10-16,19,21,23H,2-5,8-9,17-18,20H2,1H3,(H,24,25)/b7-6-,13-10-,14-11-,15-12-,19-16+. The van der Waals surface area contributed by atoms with Gasteiger partial charge in [-0.3, -0.25) is 4.79 Å². The van der Waals surface area contributed by atoms with Gasteiger partial charge in [-0.1, -0.05) is 80.5 Å². The molecule has 0 aliphatic carbocycles. The Hall–Kier alpha value is -1.87. The van der Waals surface area contributed by atoms with Crippen LogP contribution in [-0.2, 0) is 4.79 Å². The van der Waals surface area contributed by atoms with Crippen LogP contribution in [0.5, 0.6) is 0 Å². The Balaban J connectivity index is 3.68. The molecule has 0 amide bonds. The van der Waals surface area contributed by atoms with E-state index in [9.17, 15) is 9.90 Å². The maximum Gasteiger partial charge on any atom is 0.303 e. The lowest BCUT2D eigenvalue weighted by molar-refractivity contribution is -0.136. The molecule has 0 spiro atoms. The second kappa shape index (κ2) is 18.5. The fraction of sp³-hybridized carbons (Fsp3) is 0.500. The minimum absolute atomic E-state index is 0.175. The fourth-order valence-electron chi connectivity index (χ4n) is 2.06. The summed E-state index contributed by atoms with van der Waals surface area (Å²) in [6, 6.07) is 0. The number of hydrogen-bond acceptors (Lipinski definition) is 2. The highest BCUT2D eigenvalue weighted by molar-refractivity contribution is 5.66. The van der Waals surface area contributed by atoms with Gasteiger partial charge in [-0.2, -0.15) is 0 Å². The van der Waals surface area contributed by atoms with Gasteiger partial charge in [0.15, 0.2) is 0 Å². The van der Waals surface area contributed by atoms with E-state index in [4.69, 9.17) is 5.11 Å². The van der Waals surface area contributed by atoms with Gasteiger partial charge in [0.2, 0.25) is 0 Å². The Kier molecular flexibility index (Phi) is 17.1. The summed E-state index contributed by atoms with van der Waals surface area (Å²) in [4.78, 5) is 10.3. The van der Waals surface area contributed by atoms with Gasteiger partial charge in [-0.05, 0) is 38.5 Å². The highest BCUT2D eigenvalue weighted by atomic mass is 16.4. The van der Waals surface area contributed by atoms with Crippen molar-refractivity contribution in [1.29, 1.82) is 0 Å². The molecule has 0 aromatic rings. The quantitative estimate of drug-likeness (QED) is 0.226. The molecule has 0 radical (unpaired) electrons. The third-order valence-corrected chi connectivity index (χ3v) is 3.50. The van der Waals surface area contributed by atoms with Crippen molar-refractivity contribution >= 4 is 5.97 Å². The van der Waals surface area contributed by atoms with E-state index < -0.39 is 12.1 Å². The number of rotatable bonds is 15. The topological polar surface area (TPSA) is 57.5 Å². The van der Waals surface area contributed by atoms with Crippen LogP contribution in [0.4, 0.5) is 0 Å². The monoisotopic (exact) mass is 346 g/mol. The zero-order chi connectivity index (χ0) is 18.6. The van der Waals surface area contributed by atoms with Crippen LogP contribution in [-0.4, -0.2) is 22.3 Å². The fourth-order valence-corrected chi connectivity index (χ4v) is 2.06. The predicted octanol–water partition coefficient (Wildman–Crippen LogP) is 5.74. The molecule has 25 heavy (non-hydrogen) atoms. The molecule has 0 aliphatic heterocycles. The van der Waals surface area contributed by atoms with Gasteiger partial charge >= 0.3 is 5.97 Å². The molecule has 1 unspecified atom stereocenters. The molecule has 0 heterocycles. The number of unbranched alkanes of at least 4 members (excludes halogenated alkanes) is 3. The number of aliphatic hydroxyl groups excluding tert-OH is 1. The molecule has 140 valence electrons. The van der Waals surface area contributed by atoms with E-state index in [2.05, 4.69) is 25.2 Å². The van der Waals surface area contributed by atoms with Gasteiger partial charge in [0.25, 0.3) is 0 Å². The third kappa shape index (κ3) is 20.1. The van der Waals surface area contributed by atoms with Crippen molar-refractivity contribution in [1.82, 2.24) is 0 Å². The molecule has 0 aromatic heterocycles. The van der Waals surface area contributed by atoms with Gasteiger partial charge < -0.3 is 10.2 Å². The molecule has 0 rings (SSSR count). The maximum atomic E-state index is 10.3. The summed E-state index contributed by atoms with van der Waals surface area (Å²) in [7, 11) is 0. The first-order valence-corrected chi connectivity index (χ1v) is 9.35. The van der Waals surface area contributed by atoms with Gasteiger partial charge in [0, 0.05) is 6.42 Å². The van der Waals surface area contributed by atoms with E-state index in [1.165, 1.54) is 19.3 Å². The molecular weight excluding hydrogens is 312 g/mol. The zero-order valence-electron chi connectivity index (χ0n) is 15.5. The van der Waals surface area contributed by atoms with E-state index in [-0.39, 0.29) is 6.42 Å². The van der Waals surface area contributed by atoms with E-state index in [0.29, 0.717) is 12.8 Å². The molecule has 3 nitrogen and oxygen atoms in total. The maximum absolute atomic E-state index is 10.3. The van der Waals surface area contributed by atoms with Crippen LogP contribution in [0.3, 0.4) is 0 Å². The first-order chi connectivity index (χ1) is 12.2. The number of carboxylic acid groups (broad SMARTS) is 1. The molecule has 0 saturated carbocycles. The van der Waals surface area contributed by atoms with Crippen molar-refractivity contribution < 1.29 is 15.0 Å². The van der Waals surface area contributed by atoms with Gasteiger partial charge in [-0.25, -0.2) is 0 Å². The van der Waals surface area contributed by atoms with Crippen molar-refractivity contribution in [3.05, 3.63) is 60.8 Å². The van der Waals surface area contributed by atoms with Gasteiger partial charge in [0.1, 0.15) is 0 Å². The summed E-state index contributed by atoms with van der Waals surface area (Å²) < 4.78 is 0. The highest BCUT2D eigenvalue weighted by Gasteiger charge is 1.93. The summed E-state index contributed by atoms with van der Waals surface area (Å²) in [5, 5.41) is 18.3. The lowest BCUT2D eigenvalue weighted by Gasteiger charge is -1.98. The van der Waals surface area contributed by atoms with Crippen molar-refractivity contribution in [3.8, 4) is 0 Å². The van der Waals surface area contributed by atoms with Crippen molar-refractivity contribution in [2.24, 2.45) is 0 Å². The minimum Gasteiger partial charge on any atom is -0.481 e. The molecule has 0 aliphatic rings. The SMILES string of the molecule is CCCCC/C=C\C/C=C\CC(O)/C=C/C=C\C/C=C\CCC(=O)O. The van der Waals surface area contributed by atoms with Crippen LogP contribution < -0.4 is 0 Å². The number of carbonyl (C=O) groups is 1. The lowest BCUT2D eigenvalue weighted by atomic mass is 10.2. The normalized spacial score (nSPS) is 14.0. The second-order valence-electron chi connectivity index (χ2n) is 5.93. The first kappa shape index (κ1) is 23.1. The van der Waals surface area contributed by atoms with Gasteiger partial charge in [-0.15, -0.1) is 0 Å². The van der Waals surface area contributed by atoms with Crippen LogP contribution in [0, 0.1) is 0 Å². The van der Waals surface area contributed by atoms with Crippen molar-refractivity contribution in [2.75, 3.05) is 0 Å². The Morgan fingerprint density at radius 3 is 2.28 bits per heavy atom. The Bertz CT molecular complexity index is 456. The van der Waals surface area contributed by atoms with E-state index >= 15 is 0 Å². The molecule has 2 N–H and O–H groups in total. The molecule has 0 bridgehead atoms. The Morgan fingerprint density at radius 2 is 1.56 bits per heavy atom. The minimum atomic E-state index is -0.769. The van der Waals surface area contributed by atoms with Crippen LogP contribution in [0.1, 0.15) is 64.7 Å². The third-order valence-electron chi connectivity index (χ3n) is 3.50. The average Bonchev–Trinajstić information content (AvgIpc) is 2.58. The first-order valence-electron chi connectivity index (χ1n) is 9.35. The van der Waals surface area contributed by atoms with Crippen LogP contribution in [0.15, 0.2) is 60.8 Å². The lowest BCUT2D eigenvalue weighted by Crippen LogP contribution is -1.98. The van der Waals surface area contributed by atoms with E-state index in [0.717, 1.165) is 19.3 Å². The molecule has 3 heteroatoms. The van der Waals surface area contributed by atoms with Crippen molar-refractivity contribution in [3.63, 3.8) is 0 Å². The summed E-state index contributed by atoms with van der Waals surface area (Å²) >= 11 is 0. The molecule has 0 saturated heterocycles. The number of hydrogen-bond donors (Lipinski definition) is 2. The smallest absolute Gasteiger partial charge is 0.303 e. The van der Waals surface area contributed by atoms with Gasteiger partial charge in [0.05, 0.1) is 6.10 Å². The summed E-state index contributed by atoms with van der Waals surface area (Å²) in [5.74, 6) is -0.769. The molecular formula is C22H34O3. The summed E-state index contributed by atoms with van der Waals surface area (Å²) in [6.45, 7) is 2.21. The number of aliphatic carboxylic acids is 1. The van der Waals surface area contributed by atoms with Crippen molar-refractivity contribution in [2.45, 2.75) is 70.8 Å². The number of allylic oxidation sites excluding steroid dienone is 8. The Morgan fingerprint density at radius 1 is 0.880 bits per heavy atom. The summed E-state index contributed by atoms with van der Waals surface area (Å²) in [5.41, 5.74) is 0. The van der Waals surface area contributed by atoms with E-state index in [1.54, 1.807) is 6.08 Å². The Labute approximate surface area is 153 Å². The summed E-state index contributed by atoms with van der Waals surface area (Å²) in [6.07, 6.45) is 27.4. The number of carboxylic acids is 1. The largest absolute Gasteiger partial charge is 0.481 e. The zero-order valence-corrected chi connectivity index (χ0v) is 15.5. The van der Waals surface area contributed by atoms with E-state index in [1.807, 2.05) is 36.5 Å². The average molecular weight is 347 g/mol.